The van der Waals surface area contributed by atoms with Gasteiger partial charge in [-0.1, -0.05) is 0 Å². The zero-order valence-corrected chi connectivity index (χ0v) is 11.4. The molecule has 5 heteroatoms. The van der Waals surface area contributed by atoms with Gasteiger partial charge in [0.1, 0.15) is 11.6 Å². The molecule has 1 fully saturated rings. The monoisotopic (exact) mass is 283 g/mol. The smallest absolute Gasteiger partial charge is 0.141 e. The molecule has 1 aliphatic carbocycles. The summed E-state index contributed by atoms with van der Waals surface area (Å²) in [6, 6.07) is 2.93. The fraction of sp³-hybridized carbons (Fsp3) is 0.429. The predicted molar refractivity (Wildman–Crippen MR) is 72.3 cm³/mol. The number of nitrogens with one attached hydrogen (secondary N) is 1. The Hall–Kier alpha value is -1.04. The van der Waals surface area contributed by atoms with E-state index in [0.717, 1.165) is 10.4 Å². The van der Waals surface area contributed by atoms with Crippen LogP contribution in [0.5, 0.6) is 0 Å². The van der Waals surface area contributed by atoms with E-state index in [1.54, 1.807) is 7.11 Å². The van der Waals surface area contributed by atoms with Crippen LogP contribution in [0, 0.1) is 11.6 Å². The highest BCUT2D eigenvalue weighted by Gasteiger charge is 2.23. The third-order valence-corrected chi connectivity index (χ3v) is 4.58. The minimum atomic E-state index is -0.377. The Morgan fingerprint density at radius 2 is 2.05 bits per heavy atom. The molecule has 1 heterocycles. The summed E-state index contributed by atoms with van der Waals surface area (Å²) in [7, 11) is 1.57. The van der Waals surface area contributed by atoms with Crippen LogP contribution in [0.3, 0.4) is 0 Å². The van der Waals surface area contributed by atoms with Crippen molar-refractivity contribution in [2.24, 2.45) is 0 Å². The van der Waals surface area contributed by atoms with Gasteiger partial charge in [0.05, 0.1) is 11.3 Å². The second-order valence-corrected chi connectivity index (χ2v) is 5.93. The van der Waals surface area contributed by atoms with Crippen molar-refractivity contribution in [2.75, 3.05) is 7.11 Å². The first kappa shape index (κ1) is 13.0. The van der Waals surface area contributed by atoms with Crippen molar-refractivity contribution in [2.45, 2.75) is 32.0 Å². The maximum absolute atomic E-state index is 13.9. The highest BCUT2D eigenvalue weighted by atomic mass is 32.1. The molecule has 1 aliphatic rings. The zero-order valence-electron chi connectivity index (χ0n) is 10.6. The van der Waals surface area contributed by atoms with Gasteiger partial charge >= 0.3 is 0 Å². The van der Waals surface area contributed by atoms with Crippen LogP contribution in [-0.2, 0) is 17.9 Å². The zero-order chi connectivity index (χ0) is 13.4. The number of hydrogen-bond donors (Lipinski definition) is 1. The van der Waals surface area contributed by atoms with Crippen LogP contribution in [0.15, 0.2) is 12.1 Å². The lowest BCUT2D eigenvalue weighted by Gasteiger charge is -2.05. The molecule has 0 saturated heterocycles. The van der Waals surface area contributed by atoms with E-state index in [9.17, 15) is 8.78 Å². The van der Waals surface area contributed by atoms with Crippen LogP contribution < -0.4 is 5.32 Å². The van der Waals surface area contributed by atoms with Crippen molar-refractivity contribution in [1.29, 1.82) is 0 Å². The van der Waals surface area contributed by atoms with E-state index in [2.05, 4.69) is 5.32 Å². The molecule has 3 rings (SSSR count). The molecule has 0 spiro atoms. The predicted octanol–water partition coefficient (Wildman–Crippen LogP) is 3.58. The van der Waals surface area contributed by atoms with Gasteiger partial charge in [-0.2, -0.15) is 0 Å². The summed E-state index contributed by atoms with van der Waals surface area (Å²) in [6.07, 6.45) is 2.38. The minimum Gasteiger partial charge on any atom is -0.380 e. The highest BCUT2D eigenvalue weighted by Crippen LogP contribution is 2.36. The number of hydrogen-bond acceptors (Lipinski definition) is 3. The molecule has 1 aromatic carbocycles. The maximum Gasteiger partial charge on any atom is 0.141 e. The third-order valence-electron chi connectivity index (χ3n) is 3.34. The number of fused-ring (bicyclic) bond motifs is 1. The molecule has 0 radical (unpaired) electrons. The van der Waals surface area contributed by atoms with E-state index in [0.29, 0.717) is 29.3 Å². The Morgan fingerprint density at radius 3 is 2.74 bits per heavy atom. The van der Waals surface area contributed by atoms with Crippen LogP contribution in [-0.4, -0.2) is 13.2 Å². The fourth-order valence-corrected chi connectivity index (χ4v) is 3.38. The van der Waals surface area contributed by atoms with E-state index in [1.807, 2.05) is 0 Å². The van der Waals surface area contributed by atoms with Crippen molar-refractivity contribution in [3.05, 3.63) is 34.2 Å². The van der Waals surface area contributed by atoms with Gasteiger partial charge in [-0.3, -0.25) is 0 Å². The molecule has 1 saturated carbocycles. The molecule has 1 N–H and O–H groups in total. The first-order valence-corrected chi connectivity index (χ1v) is 7.13. The van der Waals surface area contributed by atoms with Gasteiger partial charge in [-0.05, 0) is 25.0 Å². The highest BCUT2D eigenvalue weighted by molar-refractivity contribution is 7.19. The van der Waals surface area contributed by atoms with Gasteiger partial charge in [-0.25, -0.2) is 8.78 Å². The van der Waals surface area contributed by atoms with Crippen LogP contribution in [0.2, 0.25) is 0 Å². The number of rotatable bonds is 5. The standard InChI is InChI=1S/C14H15F2NOS/c1-18-7-9-12(6-17-8-2-3-8)19-14-11(16)5-4-10(15)13(9)14/h4-5,8,17H,2-3,6-7H2,1H3. The summed E-state index contributed by atoms with van der Waals surface area (Å²) in [4.78, 5) is 0.966. The molecule has 0 amide bonds. The third kappa shape index (κ3) is 2.50. The molecule has 1 aromatic heterocycles. The van der Waals surface area contributed by atoms with E-state index in [-0.39, 0.29) is 11.6 Å². The first-order chi connectivity index (χ1) is 9.20. The molecular formula is C14H15F2NOS. The van der Waals surface area contributed by atoms with Gasteiger partial charge in [-0.15, -0.1) is 11.3 Å². The number of methoxy groups -OCH3 is 1. The topological polar surface area (TPSA) is 21.3 Å². The van der Waals surface area contributed by atoms with Crippen molar-refractivity contribution in [3.8, 4) is 0 Å². The van der Waals surface area contributed by atoms with Gasteiger partial charge in [0.25, 0.3) is 0 Å². The molecule has 102 valence electrons. The van der Waals surface area contributed by atoms with Crippen molar-refractivity contribution in [1.82, 2.24) is 5.32 Å². The normalized spacial score (nSPS) is 15.3. The summed E-state index contributed by atoms with van der Waals surface area (Å²) < 4.78 is 33.3. The van der Waals surface area contributed by atoms with Crippen LogP contribution in [0.1, 0.15) is 23.3 Å². The molecule has 0 aliphatic heterocycles. The molecule has 19 heavy (non-hydrogen) atoms. The molecule has 0 bridgehead atoms. The van der Waals surface area contributed by atoms with Crippen LogP contribution in [0.4, 0.5) is 8.78 Å². The molecule has 2 aromatic rings. The average Bonchev–Trinajstić information content (AvgIpc) is 3.15. The van der Waals surface area contributed by atoms with E-state index in [4.69, 9.17) is 4.74 Å². The second-order valence-electron chi connectivity index (χ2n) is 4.83. The Labute approximate surface area is 114 Å². The quantitative estimate of drug-likeness (QED) is 0.905. The fourth-order valence-electron chi connectivity index (χ4n) is 2.20. The van der Waals surface area contributed by atoms with Crippen molar-refractivity contribution < 1.29 is 13.5 Å². The summed E-state index contributed by atoms with van der Waals surface area (Å²) >= 11 is 1.32. The lowest BCUT2D eigenvalue weighted by molar-refractivity contribution is 0.185. The van der Waals surface area contributed by atoms with Gasteiger partial charge < -0.3 is 10.1 Å². The van der Waals surface area contributed by atoms with Gasteiger partial charge in [0, 0.05) is 35.5 Å². The van der Waals surface area contributed by atoms with Crippen molar-refractivity contribution >= 4 is 21.4 Å². The number of ether oxygens (including phenoxy) is 1. The van der Waals surface area contributed by atoms with Crippen LogP contribution in [0.25, 0.3) is 10.1 Å². The van der Waals surface area contributed by atoms with Gasteiger partial charge in [0.2, 0.25) is 0 Å². The van der Waals surface area contributed by atoms with Crippen molar-refractivity contribution in [3.63, 3.8) is 0 Å². The molecular weight excluding hydrogens is 268 g/mol. The van der Waals surface area contributed by atoms with Gasteiger partial charge in [0.15, 0.2) is 0 Å². The minimum absolute atomic E-state index is 0.308. The number of thiophene rings is 1. The molecule has 0 unspecified atom stereocenters. The van der Waals surface area contributed by atoms with E-state index in [1.165, 1.54) is 36.3 Å². The number of benzene rings is 1. The Morgan fingerprint density at radius 1 is 1.32 bits per heavy atom. The summed E-state index contributed by atoms with van der Waals surface area (Å²) in [6.45, 7) is 0.962. The Bertz CT molecular complexity index is 607. The SMILES string of the molecule is COCc1c(CNC2CC2)sc2c(F)ccc(F)c12. The summed E-state index contributed by atoms with van der Waals surface area (Å²) in [5, 5.41) is 3.76. The molecule has 0 atom stereocenters. The number of halogens is 2. The lowest BCUT2D eigenvalue weighted by atomic mass is 10.1. The molecule has 2 nitrogen and oxygen atoms in total. The van der Waals surface area contributed by atoms with E-state index < -0.39 is 0 Å². The first-order valence-electron chi connectivity index (χ1n) is 6.31. The largest absolute Gasteiger partial charge is 0.380 e. The summed E-state index contributed by atoms with van der Waals surface area (Å²) in [5.41, 5.74) is 0.771. The van der Waals surface area contributed by atoms with Crippen LogP contribution >= 0.6 is 11.3 Å². The summed E-state index contributed by atoms with van der Waals surface area (Å²) in [5.74, 6) is -0.742. The Kier molecular flexibility index (Phi) is 3.52. The van der Waals surface area contributed by atoms with E-state index >= 15 is 0 Å². The maximum atomic E-state index is 13.9. The average molecular weight is 283 g/mol. The Balaban J connectivity index is 2.05. The lowest BCUT2D eigenvalue weighted by Crippen LogP contribution is -2.15. The second kappa shape index (κ2) is 5.15.